The average molecular weight is 292 g/mol. The Morgan fingerprint density at radius 3 is 2.14 bits per heavy atom. The Hall–Kier alpha value is -1.51. The largest absolute Gasteiger partial charge is 0.504 e. The van der Waals surface area contributed by atoms with Crippen LogP contribution in [0.4, 0.5) is 0 Å². The van der Waals surface area contributed by atoms with Gasteiger partial charge < -0.3 is 10.2 Å². The van der Waals surface area contributed by atoms with Crippen molar-refractivity contribution in [2.24, 2.45) is 0 Å². The van der Waals surface area contributed by atoms with Gasteiger partial charge >= 0.3 is 0 Å². The lowest BCUT2D eigenvalue weighted by Crippen LogP contribution is -2.02. The minimum Gasteiger partial charge on any atom is -0.504 e. The zero-order chi connectivity index (χ0) is 15.5. The van der Waals surface area contributed by atoms with Gasteiger partial charge in [0.2, 0.25) is 0 Å². The van der Waals surface area contributed by atoms with Crippen molar-refractivity contribution in [3.8, 4) is 11.5 Å². The predicted molar refractivity (Wildman–Crippen MR) is 85.7 cm³/mol. The maximum atomic E-state index is 11.8. The van der Waals surface area contributed by atoms with Crippen LogP contribution in [-0.4, -0.2) is 16.0 Å². The number of aromatic hydroxyl groups is 2. The van der Waals surface area contributed by atoms with E-state index in [2.05, 4.69) is 6.92 Å². The van der Waals surface area contributed by atoms with E-state index in [-0.39, 0.29) is 17.3 Å². The van der Waals surface area contributed by atoms with Gasteiger partial charge in [-0.1, -0.05) is 57.9 Å². The molecule has 3 heteroatoms. The molecule has 1 aromatic rings. The molecule has 0 saturated carbocycles. The molecule has 1 aromatic carbocycles. The second kappa shape index (κ2) is 10.3. The van der Waals surface area contributed by atoms with Crippen LogP contribution in [0.15, 0.2) is 18.2 Å². The summed E-state index contributed by atoms with van der Waals surface area (Å²) in [5, 5.41) is 18.6. The Balaban J connectivity index is 2.10. The SMILES string of the molecule is CCCCCCCCCCC(=O)Cc1ccc(O)c(O)c1. The van der Waals surface area contributed by atoms with Crippen molar-refractivity contribution in [2.75, 3.05) is 0 Å². The molecule has 0 aliphatic rings. The molecule has 0 atom stereocenters. The zero-order valence-corrected chi connectivity index (χ0v) is 13.1. The number of hydrogen-bond acceptors (Lipinski definition) is 3. The molecule has 0 aliphatic heterocycles. The Labute approximate surface area is 128 Å². The van der Waals surface area contributed by atoms with Crippen LogP contribution in [0.5, 0.6) is 11.5 Å². The summed E-state index contributed by atoms with van der Waals surface area (Å²) in [4.78, 5) is 11.8. The second-order valence-electron chi connectivity index (χ2n) is 5.76. The smallest absolute Gasteiger partial charge is 0.157 e. The van der Waals surface area contributed by atoms with E-state index in [1.807, 2.05) is 0 Å². The minimum atomic E-state index is -0.160. The second-order valence-corrected chi connectivity index (χ2v) is 5.76. The molecule has 3 nitrogen and oxygen atoms in total. The van der Waals surface area contributed by atoms with Crippen molar-refractivity contribution >= 4 is 5.78 Å². The first-order valence-corrected chi connectivity index (χ1v) is 8.16. The van der Waals surface area contributed by atoms with Crippen LogP contribution in [0.25, 0.3) is 0 Å². The fourth-order valence-corrected chi connectivity index (χ4v) is 2.45. The average Bonchev–Trinajstić information content (AvgIpc) is 2.46. The maximum Gasteiger partial charge on any atom is 0.157 e. The molecule has 2 N–H and O–H groups in total. The van der Waals surface area contributed by atoms with Gasteiger partial charge in [-0.2, -0.15) is 0 Å². The third-order valence-electron chi connectivity index (χ3n) is 3.75. The first-order chi connectivity index (χ1) is 10.1. The predicted octanol–water partition coefficient (Wildman–Crippen LogP) is 4.74. The van der Waals surface area contributed by atoms with Crippen molar-refractivity contribution < 1.29 is 15.0 Å². The van der Waals surface area contributed by atoms with Gasteiger partial charge in [-0.3, -0.25) is 4.79 Å². The molecule has 0 aliphatic carbocycles. The third-order valence-corrected chi connectivity index (χ3v) is 3.75. The van der Waals surface area contributed by atoms with Gasteiger partial charge in [-0.15, -0.1) is 0 Å². The van der Waals surface area contributed by atoms with Crippen molar-refractivity contribution in [2.45, 2.75) is 71.1 Å². The highest BCUT2D eigenvalue weighted by Gasteiger charge is 2.06. The van der Waals surface area contributed by atoms with E-state index in [1.165, 1.54) is 50.7 Å². The van der Waals surface area contributed by atoms with E-state index >= 15 is 0 Å². The summed E-state index contributed by atoms with van der Waals surface area (Å²) in [6.45, 7) is 2.22. The number of phenolic OH excluding ortho intramolecular Hbond substituents is 2. The Kier molecular flexibility index (Phi) is 8.56. The third kappa shape index (κ3) is 7.74. The van der Waals surface area contributed by atoms with Gasteiger partial charge in [0.1, 0.15) is 5.78 Å². The van der Waals surface area contributed by atoms with Crippen LogP contribution < -0.4 is 0 Å². The van der Waals surface area contributed by atoms with E-state index in [0.29, 0.717) is 12.8 Å². The van der Waals surface area contributed by atoms with Crippen molar-refractivity contribution in [3.63, 3.8) is 0 Å². The van der Waals surface area contributed by atoms with Gasteiger partial charge in [0.05, 0.1) is 0 Å². The molecule has 1 rings (SSSR count). The molecule has 0 aromatic heterocycles. The number of carbonyl (C=O) groups excluding carboxylic acids is 1. The normalized spacial score (nSPS) is 10.7. The molecular formula is C18H28O3. The quantitative estimate of drug-likeness (QED) is 0.457. The van der Waals surface area contributed by atoms with E-state index in [1.54, 1.807) is 6.07 Å². The lowest BCUT2D eigenvalue weighted by Gasteiger charge is -2.04. The van der Waals surface area contributed by atoms with E-state index in [9.17, 15) is 15.0 Å². The first-order valence-electron chi connectivity index (χ1n) is 8.16. The van der Waals surface area contributed by atoms with Crippen molar-refractivity contribution in [1.29, 1.82) is 0 Å². The molecule has 0 radical (unpaired) electrons. The highest BCUT2D eigenvalue weighted by Crippen LogP contribution is 2.25. The van der Waals surface area contributed by atoms with E-state index in [0.717, 1.165) is 18.4 Å². The monoisotopic (exact) mass is 292 g/mol. The van der Waals surface area contributed by atoms with Crippen molar-refractivity contribution in [1.82, 2.24) is 0 Å². The Morgan fingerprint density at radius 2 is 1.52 bits per heavy atom. The number of rotatable bonds is 11. The number of ketones is 1. The van der Waals surface area contributed by atoms with Crippen molar-refractivity contribution in [3.05, 3.63) is 23.8 Å². The zero-order valence-electron chi connectivity index (χ0n) is 13.1. The van der Waals surface area contributed by atoms with Gasteiger partial charge in [-0.25, -0.2) is 0 Å². The first kappa shape index (κ1) is 17.5. The molecule has 0 unspecified atom stereocenters. The molecule has 0 fully saturated rings. The van der Waals surface area contributed by atoms with Crippen LogP contribution >= 0.6 is 0 Å². The lowest BCUT2D eigenvalue weighted by atomic mass is 10.0. The number of phenols is 2. The van der Waals surface area contributed by atoms with Crippen LogP contribution in [-0.2, 0) is 11.2 Å². The molecule has 0 heterocycles. The standard InChI is InChI=1S/C18H28O3/c1-2-3-4-5-6-7-8-9-10-16(19)13-15-11-12-17(20)18(21)14-15/h11-12,14,20-21H,2-10,13H2,1H3. The molecular weight excluding hydrogens is 264 g/mol. The van der Waals surface area contributed by atoms with Crippen LogP contribution in [0.3, 0.4) is 0 Å². The summed E-state index contributed by atoms with van der Waals surface area (Å²) in [6.07, 6.45) is 10.8. The minimum absolute atomic E-state index is 0.144. The number of hydrogen-bond donors (Lipinski definition) is 2. The van der Waals surface area contributed by atoms with Crippen LogP contribution in [0.2, 0.25) is 0 Å². The molecule has 0 spiro atoms. The number of carbonyl (C=O) groups is 1. The highest BCUT2D eigenvalue weighted by atomic mass is 16.3. The number of unbranched alkanes of at least 4 members (excludes halogenated alkanes) is 7. The number of Topliss-reactive ketones (excluding diaryl/α,β-unsaturated/α-hetero) is 1. The van der Waals surface area contributed by atoms with E-state index < -0.39 is 0 Å². The van der Waals surface area contributed by atoms with Gasteiger partial charge in [-0.05, 0) is 24.1 Å². The molecule has 0 bridgehead atoms. The molecule has 21 heavy (non-hydrogen) atoms. The summed E-state index contributed by atoms with van der Waals surface area (Å²) in [6, 6.07) is 4.57. The summed E-state index contributed by atoms with van der Waals surface area (Å²) >= 11 is 0. The fraction of sp³-hybridized carbons (Fsp3) is 0.611. The Morgan fingerprint density at radius 1 is 0.905 bits per heavy atom. The fourth-order valence-electron chi connectivity index (χ4n) is 2.45. The summed E-state index contributed by atoms with van der Waals surface area (Å²) < 4.78 is 0. The molecule has 0 amide bonds. The maximum absolute atomic E-state index is 11.8. The summed E-state index contributed by atoms with van der Waals surface area (Å²) in [7, 11) is 0. The summed E-state index contributed by atoms with van der Waals surface area (Å²) in [5.74, 6) is -0.104. The molecule has 118 valence electrons. The van der Waals surface area contributed by atoms with Crippen LogP contribution in [0, 0.1) is 0 Å². The highest BCUT2D eigenvalue weighted by molar-refractivity contribution is 5.81. The van der Waals surface area contributed by atoms with Crippen LogP contribution in [0.1, 0.15) is 70.3 Å². The van der Waals surface area contributed by atoms with Gasteiger partial charge in [0.25, 0.3) is 0 Å². The number of benzene rings is 1. The lowest BCUT2D eigenvalue weighted by molar-refractivity contribution is -0.118. The Bertz CT molecular complexity index is 426. The summed E-state index contributed by atoms with van der Waals surface area (Å²) in [5.41, 5.74) is 0.759. The van der Waals surface area contributed by atoms with Gasteiger partial charge in [0.15, 0.2) is 11.5 Å². The topological polar surface area (TPSA) is 57.5 Å². The van der Waals surface area contributed by atoms with E-state index in [4.69, 9.17) is 0 Å². The molecule has 0 saturated heterocycles. The van der Waals surface area contributed by atoms with Gasteiger partial charge in [0, 0.05) is 12.8 Å².